The Morgan fingerprint density at radius 1 is 1.10 bits per heavy atom. The largest absolute Gasteiger partial charge is 0.481 e. The molecule has 2 aromatic rings. The summed E-state index contributed by atoms with van der Waals surface area (Å²) in [6.45, 7) is 6.66. The van der Waals surface area contributed by atoms with Gasteiger partial charge in [0.1, 0.15) is 5.75 Å². The van der Waals surface area contributed by atoms with E-state index >= 15 is 0 Å². The lowest BCUT2D eigenvalue weighted by atomic mass is 10.1. The van der Waals surface area contributed by atoms with E-state index in [-0.39, 0.29) is 5.91 Å². The molecular formula is C23H27NO4S. The van der Waals surface area contributed by atoms with E-state index in [1.807, 2.05) is 63.2 Å². The molecule has 1 amide bonds. The number of carboxylic acids is 1. The predicted octanol–water partition coefficient (Wildman–Crippen LogP) is 4.71. The maximum Gasteiger partial charge on any atom is 0.341 e. The van der Waals surface area contributed by atoms with Crippen molar-refractivity contribution in [3.63, 3.8) is 0 Å². The van der Waals surface area contributed by atoms with Gasteiger partial charge < -0.3 is 14.7 Å². The van der Waals surface area contributed by atoms with Gasteiger partial charge in [-0.2, -0.15) is 0 Å². The molecule has 0 atom stereocenters. The normalized spacial score (nSPS) is 11.2. The van der Waals surface area contributed by atoms with Gasteiger partial charge in [0.05, 0.1) is 0 Å². The lowest BCUT2D eigenvalue weighted by molar-refractivity contribution is -0.139. The lowest BCUT2D eigenvalue weighted by Crippen LogP contribution is -2.28. The molecular weight excluding hydrogens is 386 g/mol. The second-order valence-corrected chi connectivity index (χ2v) is 7.47. The van der Waals surface area contributed by atoms with Crippen molar-refractivity contribution in [3.8, 4) is 5.75 Å². The number of hydrogen-bond donors (Lipinski definition) is 1. The van der Waals surface area contributed by atoms with E-state index in [0.29, 0.717) is 18.8 Å². The van der Waals surface area contributed by atoms with Gasteiger partial charge in [-0.3, -0.25) is 4.79 Å². The summed E-state index contributed by atoms with van der Waals surface area (Å²) in [7, 11) is 0. The molecule has 0 radical (unpaired) electrons. The molecule has 2 aromatic carbocycles. The van der Waals surface area contributed by atoms with Gasteiger partial charge in [-0.05, 0) is 49.6 Å². The van der Waals surface area contributed by atoms with Gasteiger partial charge in [0.15, 0.2) is 6.61 Å². The summed E-state index contributed by atoms with van der Waals surface area (Å²) >= 11 is 1.59. The highest BCUT2D eigenvalue weighted by Gasteiger charge is 2.12. The van der Waals surface area contributed by atoms with Gasteiger partial charge in [-0.1, -0.05) is 36.4 Å². The van der Waals surface area contributed by atoms with Crippen LogP contribution in [0.2, 0.25) is 0 Å². The van der Waals surface area contributed by atoms with E-state index in [4.69, 9.17) is 9.84 Å². The first-order chi connectivity index (χ1) is 13.9. The average Bonchev–Trinajstić information content (AvgIpc) is 2.72. The minimum Gasteiger partial charge on any atom is -0.481 e. The number of benzene rings is 2. The molecule has 2 rings (SSSR count). The number of carbonyl (C=O) groups is 2. The van der Waals surface area contributed by atoms with Gasteiger partial charge in [-0.15, -0.1) is 11.8 Å². The van der Waals surface area contributed by atoms with Crippen LogP contribution in [0.1, 0.15) is 31.9 Å². The van der Waals surface area contributed by atoms with E-state index in [0.717, 1.165) is 21.8 Å². The number of rotatable bonds is 10. The Hall–Kier alpha value is -2.73. The van der Waals surface area contributed by atoms with Crippen molar-refractivity contribution in [2.24, 2.45) is 0 Å². The maximum absolute atomic E-state index is 12.4. The quantitative estimate of drug-likeness (QED) is 0.451. The van der Waals surface area contributed by atoms with Gasteiger partial charge in [0.25, 0.3) is 0 Å². The zero-order chi connectivity index (χ0) is 21.2. The van der Waals surface area contributed by atoms with Crippen molar-refractivity contribution < 1.29 is 19.4 Å². The molecule has 0 unspecified atom stereocenters. The minimum atomic E-state index is -1.03. The standard InChI is InChI=1S/C23H27NO4S/c1-4-24(5-2)22(25)13-17(3)19-11-12-21(20(14-19)28-15-23(26)27)29-16-18-9-7-6-8-10-18/h6-14H,4-5,15-16H2,1-3H3,(H,26,27)/b17-13+. The Labute approximate surface area is 176 Å². The fraction of sp³-hybridized carbons (Fsp3) is 0.304. The number of aliphatic carboxylic acids is 1. The number of carboxylic acid groups (broad SMARTS) is 1. The van der Waals surface area contributed by atoms with Crippen molar-refractivity contribution in [2.75, 3.05) is 19.7 Å². The van der Waals surface area contributed by atoms with Crippen LogP contribution in [0, 0.1) is 0 Å². The van der Waals surface area contributed by atoms with Crippen LogP contribution in [0.3, 0.4) is 0 Å². The number of amides is 1. The van der Waals surface area contributed by atoms with Crippen LogP contribution >= 0.6 is 11.8 Å². The van der Waals surface area contributed by atoms with Crippen LogP contribution in [0.4, 0.5) is 0 Å². The van der Waals surface area contributed by atoms with E-state index in [1.165, 1.54) is 5.56 Å². The van der Waals surface area contributed by atoms with E-state index in [9.17, 15) is 9.59 Å². The molecule has 154 valence electrons. The van der Waals surface area contributed by atoms with Crippen LogP contribution in [0.15, 0.2) is 59.5 Å². The molecule has 0 aromatic heterocycles. The molecule has 0 saturated carbocycles. The summed E-state index contributed by atoms with van der Waals surface area (Å²) in [5, 5.41) is 8.99. The summed E-state index contributed by atoms with van der Waals surface area (Å²) in [6.07, 6.45) is 1.61. The second-order valence-electron chi connectivity index (χ2n) is 6.46. The molecule has 0 bridgehead atoms. The molecule has 0 spiro atoms. The molecule has 6 heteroatoms. The fourth-order valence-corrected chi connectivity index (χ4v) is 3.69. The molecule has 0 aliphatic rings. The van der Waals surface area contributed by atoms with Crippen LogP contribution in [-0.2, 0) is 15.3 Å². The highest BCUT2D eigenvalue weighted by atomic mass is 32.2. The smallest absolute Gasteiger partial charge is 0.341 e. The maximum atomic E-state index is 12.4. The first-order valence-corrected chi connectivity index (χ1v) is 10.6. The van der Waals surface area contributed by atoms with E-state index in [2.05, 4.69) is 0 Å². The van der Waals surface area contributed by atoms with Gasteiger partial charge >= 0.3 is 5.97 Å². The lowest BCUT2D eigenvalue weighted by Gasteiger charge is -2.17. The molecule has 5 nitrogen and oxygen atoms in total. The summed E-state index contributed by atoms with van der Waals surface area (Å²) in [5.41, 5.74) is 2.81. The van der Waals surface area contributed by atoms with Crippen LogP contribution < -0.4 is 4.74 Å². The molecule has 0 fully saturated rings. The molecule has 1 N–H and O–H groups in total. The Balaban J connectivity index is 2.24. The van der Waals surface area contributed by atoms with Gasteiger partial charge in [0, 0.05) is 29.8 Å². The summed E-state index contributed by atoms with van der Waals surface area (Å²) < 4.78 is 5.53. The highest BCUT2D eigenvalue weighted by Crippen LogP contribution is 2.34. The van der Waals surface area contributed by atoms with Gasteiger partial charge in [0.2, 0.25) is 5.91 Å². The third-order valence-electron chi connectivity index (χ3n) is 4.40. The highest BCUT2D eigenvalue weighted by molar-refractivity contribution is 7.98. The van der Waals surface area contributed by atoms with Crippen LogP contribution in [0.25, 0.3) is 5.57 Å². The monoisotopic (exact) mass is 413 g/mol. The van der Waals surface area contributed by atoms with E-state index < -0.39 is 12.6 Å². The molecule has 0 saturated heterocycles. The van der Waals surface area contributed by atoms with E-state index in [1.54, 1.807) is 28.8 Å². The topological polar surface area (TPSA) is 66.8 Å². The molecule has 29 heavy (non-hydrogen) atoms. The minimum absolute atomic E-state index is 0.0389. The third kappa shape index (κ3) is 6.98. The number of ether oxygens (including phenoxy) is 1. The van der Waals surface area contributed by atoms with Crippen molar-refractivity contribution in [1.29, 1.82) is 0 Å². The fourth-order valence-electron chi connectivity index (χ4n) is 2.76. The van der Waals surface area contributed by atoms with Crippen LogP contribution in [0.5, 0.6) is 5.75 Å². The summed E-state index contributed by atoms with van der Waals surface area (Å²) in [4.78, 5) is 25.9. The number of likely N-dealkylation sites (N-methyl/N-ethyl adjacent to an activating group) is 1. The van der Waals surface area contributed by atoms with Crippen molar-refractivity contribution in [3.05, 3.63) is 65.7 Å². The number of thioether (sulfide) groups is 1. The molecule has 0 aliphatic heterocycles. The Morgan fingerprint density at radius 3 is 2.41 bits per heavy atom. The number of nitrogens with zero attached hydrogens (tertiary/aromatic N) is 1. The Kier molecular flexibility index (Phi) is 8.80. The molecule has 0 heterocycles. The van der Waals surface area contributed by atoms with Gasteiger partial charge in [-0.25, -0.2) is 4.79 Å². The average molecular weight is 414 g/mol. The SMILES string of the molecule is CCN(CC)C(=O)/C=C(\C)c1ccc(SCc2ccccc2)c(OCC(=O)O)c1. The Bertz CT molecular complexity index is 860. The second kappa shape index (κ2) is 11.3. The summed E-state index contributed by atoms with van der Waals surface area (Å²) in [5.74, 6) is 0.189. The number of carbonyl (C=O) groups excluding carboxylic acids is 1. The number of allylic oxidation sites excluding steroid dienone is 1. The summed E-state index contributed by atoms with van der Waals surface area (Å²) in [6, 6.07) is 15.7. The predicted molar refractivity (Wildman–Crippen MR) is 117 cm³/mol. The first kappa shape index (κ1) is 22.6. The zero-order valence-corrected chi connectivity index (χ0v) is 17.9. The third-order valence-corrected chi connectivity index (χ3v) is 5.53. The molecule has 0 aliphatic carbocycles. The zero-order valence-electron chi connectivity index (χ0n) is 17.1. The van der Waals surface area contributed by atoms with Crippen molar-refractivity contribution in [2.45, 2.75) is 31.4 Å². The number of hydrogen-bond acceptors (Lipinski definition) is 4. The van der Waals surface area contributed by atoms with Crippen LogP contribution in [-0.4, -0.2) is 41.6 Å². The first-order valence-electron chi connectivity index (χ1n) is 9.57. The van der Waals surface area contributed by atoms with Crippen molar-refractivity contribution >= 4 is 29.2 Å². The van der Waals surface area contributed by atoms with Crippen molar-refractivity contribution in [1.82, 2.24) is 4.90 Å². The Morgan fingerprint density at radius 2 is 1.79 bits per heavy atom.